The smallest absolute Gasteiger partial charge is 0.196 e. The summed E-state index contributed by atoms with van der Waals surface area (Å²) in [7, 11) is 0. The van der Waals surface area contributed by atoms with Crippen LogP contribution in [-0.2, 0) is 0 Å². The number of para-hydroxylation sites is 1. The van der Waals surface area contributed by atoms with E-state index < -0.39 is 6.10 Å². The van der Waals surface area contributed by atoms with E-state index in [1.807, 2.05) is 38.1 Å². The zero-order chi connectivity index (χ0) is 16.7. The molecule has 0 aromatic heterocycles. The second-order valence-electron chi connectivity index (χ2n) is 5.72. The van der Waals surface area contributed by atoms with Crippen LogP contribution in [0.1, 0.15) is 29.8 Å². The number of benzene rings is 2. The van der Waals surface area contributed by atoms with E-state index in [0.29, 0.717) is 29.5 Å². The van der Waals surface area contributed by atoms with Crippen LogP contribution in [0.4, 0.5) is 0 Å². The fraction of sp³-hybridized carbons (Fsp3) is 0.316. The van der Waals surface area contributed by atoms with Gasteiger partial charge in [-0.3, -0.25) is 4.79 Å². The number of aliphatic hydroxyl groups is 1. The summed E-state index contributed by atoms with van der Waals surface area (Å²) in [5, 5.41) is 13.1. The Balaban J connectivity index is 2.05. The number of ether oxygens (including phenoxy) is 1. The largest absolute Gasteiger partial charge is 0.490 e. The summed E-state index contributed by atoms with van der Waals surface area (Å²) in [6.07, 6.45) is -0.628. The van der Waals surface area contributed by atoms with Crippen molar-refractivity contribution < 1.29 is 14.6 Å². The maximum atomic E-state index is 12.6. The lowest BCUT2D eigenvalue weighted by molar-refractivity contribution is 0.0982. The number of aliphatic hydroxyl groups excluding tert-OH is 1. The molecule has 0 bridgehead atoms. The van der Waals surface area contributed by atoms with Crippen molar-refractivity contribution in [2.75, 3.05) is 13.2 Å². The van der Waals surface area contributed by atoms with E-state index in [1.54, 1.807) is 30.3 Å². The first-order valence-electron chi connectivity index (χ1n) is 7.81. The number of carbonyl (C=O) groups excluding carboxylic acids is 1. The average Bonchev–Trinajstić information content (AvgIpc) is 2.58. The first-order chi connectivity index (χ1) is 11.1. The van der Waals surface area contributed by atoms with Gasteiger partial charge in [0.25, 0.3) is 0 Å². The van der Waals surface area contributed by atoms with E-state index in [9.17, 15) is 9.90 Å². The van der Waals surface area contributed by atoms with Gasteiger partial charge in [0.2, 0.25) is 0 Å². The topological polar surface area (TPSA) is 58.6 Å². The van der Waals surface area contributed by atoms with Crippen molar-refractivity contribution in [2.24, 2.45) is 0 Å². The van der Waals surface area contributed by atoms with Crippen LogP contribution < -0.4 is 10.1 Å². The molecule has 0 heterocycles. The third-order valence-electron chi connectivity index (χ3n) is 3.36. The number of hydrogen-bond acceptors (Lipinski definition) is 4. The molecule has 0 aliphatic carbocycles. The van der Waals surface area contributed by atoms with Crippen molar-refractivity contribution in [3.63, 3.8) is 0 Å². The molecule has 0 radical (unpaired) electrons. The Morgan fingerprint density at radius 1 is 1.09 bits per heavy atom. The van der Waals surface area contributed by atoms with Crippen LogP contribution in [0.5, 0.6) is 5.75 Å². The molecule has 0 saturated heterocycles. The molecule has 122 valence electrons. The van der Waals surface area contributed by atoms with Crippen molar-refractivity contribution in [1.29, 1.82) is 0 Å². The minimum Gasteiger partial charge on any atom is -0.490 e. The summed E-state index contributed by atoms with van der Waals surface area (Å²) in [5.41, 5.74) is 1.12. The second kappa shape index (κ2) is 8.46. The fourth-order valence-electron chi connectivity index (χ4n) is 2.14. The van der Waals surface area contributed by atoms with E-state index in [4.69, 9.17) is 4.74 Å². The van der Waals surface area contributed by atoms with Gasteiger partial charge in [-0.25, -0.2) is 0 Å². The van der Waals surface area contributed by atoms with Gasteiger partial charge in [0.15, 0.2) is 5.78 Å². The molecule has 2 N–H and O–H groups in total. The number of carbonyl (C=O) groups is 1. The maximum Gasteiger partial charge on any atom is 0.196 e. The SMILES string of the molecule is CC(C)NC[C@H](O)COc1ccccc1C(=O)c1ccccc1. The van der Waals surface area contributed by atoms with E-state index in [1.165, 1.54) is 0 Å². The molecule has 2 aromatic carbocycles. The highest BCUT2D eigenvalue weighted by Crippen LogP contribution is 2.21. The molecule has 1 atom stereocenters. The molecule has 0 amide bonds. The lowest BCUT2D eigenvalue weighted by Gasteiger charge is -2.16. The van der Waals surface area contributed by atoms with Gasteiger partial charge in [-0.1, -0.05) is 56.3 Å². The predicted molar refractivity (Wildman–Crippen MR) is 91.0 cm³/mol. The zero-order valence-electron chi connectivity index (χ0n) is 13.5. The van der Waals surface area contributed by atoms with Crippen molar-refractivity contribution in [2.45, 2.75) is 26.0 Å². The number of ketones is 1. The third-order valence-corrected chi connectivity index (χ3v) is 3.36. The van der Waals surface area contributed by atoms with Crippen LogP contribution >= 0.6 is 0 Å². The van der Waals surface area contributed by atoms with Gasteiger partial charge in [-0.2, -0.15) is 0 Å². The molecule has 4 heteroatoms. The van der Waals surface area contributed by atoms with Crippen molar-refractivity contribution in [3.05, 3.63) is 65.7 Å². The Morgan fingerprint density at radius 3 is 2.43 bits per heavy atom. The van der Waals surface area contributed by atoms with Crippen molar-refractivity contribution in [1.82, 2.24) is 5.32 Å². The van der Waals surface area contributed by atoms with Crippen LogP contribution in [0.15, 0.2) is 54.6 Å². The summed E-state index contributed by atoms with van der Waals surface area (Å²) in [4.78, 5) is 12.6. The van der Waals surface area contributed by atoms with Gasteiger partial charge >= 0.3 is 0 Å². The quantitative estimate of drug-likeness (QED) is 0.736. The molecular formula is C19H23NO3. The highest BCUT2D eigenvalue weighted by atomic mass is 16.5. The van der Waals surface area contributed by atoms with Gasteiger partial charge in [-0.05, 0) is 12.1 Å². The number of hydrogen-bond donors (Lipinski definition) is 2. The molecule has 0 saturated carbocycles. The fourth-order valence-corrected chi connectivity index (χ4v) is 2.14. The van der Waals surface area contributed by atoms with E-state index in [2.05, 4.69) is 5.32 Å². The summed E-state index contributed by atoms with van der Waals surface area (Å²) in [6.45, 7) is 4.62. The Kier molecular flexibility index (Phi) is 6.32. The molecule has 2 rings (SSSR count). The first-order valence-corrected chi connectivity index (χ1v) is 7.81. The van der Waals surface area contributed by atoms with Gasteiger partial charge in [-0.15, -0.1) is 0 Å². The van der Waals surface area contributed by atoms with Gasteiger partial charge in [0, 0.05) is 18.2 Å². The van der Waals surface area contributed by atoms with Crippen LogP contribution in [0.25, 0.3) is 0 Å². The highest BCUT2D eigenvalue weighted by Gasteiger charge is 2.15. The van der Waals surface area contributed by atoms with Crippen molar-refractivity contribution >= 4 is 5.78 Å². The van der Waals surface area contributed by atoms with E-state index in [0.717, 1.165) is 0 Å². The van der Waals surface area contributed by atoms with Crippen LogP contribution in [0.2, 0.25) is 0 Å². The highest BCUT2D eigenvalue weighted by molar-refractivity contribution is 6.10. The molecule has 0 aliphatic heterocycles. The molecule has 0 unspecified atom stereocenters. The van der Waals surface area contributed by atoms with Crippen molar-refractivity contribution in [3.8, 4) is 5.75 Å². The van der Waals surface area contributed by atoms with Crippen LogP contribution in [0, 0.1) is 0 Å². The lowest BCUT2D eigenvalue weighted by atomic mass is 10.0. The molecule has 23 heavy (non-hydrogen) atoms. The zero-order valence-corrected chi connectivity index (χ0v) is 13.5. The molecule has 4 nitrogen and oxygen atoms in total. The average molecular weight is 313 g/mol. The standard InChI is InChI=1S/C19H23NO3/c1-14(2)20-12-16(21)13-23-18-11-7-6-10-17(18)19(22)15-8-4-3-5-9-15/h3-11,14,16,20-21H,12-13H2,1-2H3/t16-/m0/s1. The Morgan fingerprint density at radius 2 is 1.74 bits per heavy atom. The Labute approximate surface area is 137 Å². The summed E-state index contributed by atoms with van der Waals surface area (Å²) < 4.78 is 5.66. The molecule has 0 spiro atoms. The summed E-state index contributed by atoms with van der Waals surface area (Å²) in [6, 6.07) is 16.5. The van der Waals surface area contributed by atoms with E-state index in [-0.39, 0.29) is 12.4 Å². The summed E-state index contributed by atoms with van der Waals surface area (Å²) in [5.74, 6) is 0.404. The normalized spacial score (nSPS) is 12.2. The maximum absolute atomic E-state index is 12.6. The molecule has 0 fully saturated rings. The van der Waals surface area contributed by atoms with E-state index >= 15 is 0 Å². The Bertz CT molecular complexity index is 626. The Hall–Kier alpha value is -2.17. The molecular weight excluding hydrogens is 290 g/mol. The lowest BCUT2D eigenvalue weighted by Crippen LogP contribution is -2.35. The number of nitrogens with one attached hydrogen (secondary N) is 1. The predicted octanol–water partition coefficient (Wildman–Crippen LogP) is 2.66. The second-order valence-corrected chi connectivity index (χ2v) is 5.72. The molecule has 0 aliphatic rings. The van der Waals surface area contributed by atoms with Crippen LogP contribution in [-0.4, -0.2) is 36.2 Å². The third kappa shape index (κ3) is 5.20. The van der Waals surface area contributed by atoms with Gasteiger partial charge < -0.3 is 15.2 Å². The number of rotatable bonds is 8. The minimum atomic E-state index is -0.628. The monoisotopic (exact) mass is 313 g/mol. The summed E-state index contributed by atoms with van der Waals surface area (Å²) >= 11 is 0. The van der Waals surface area contributed by atoms with Gasteiger partial charge in [0.05, 0.1) is 5.56 Å². The minimum absolute atomic E-state index is 0.0870. The molecule has 2 aromatic rings. The van der Waals surface area contributed by atoms with Gasteiger partial charge in [0.1, 0.15) is 18.5 Å². The van der Waals surface area contributed by atoms with Crippen LogP contribution in [0.3, 0.4) is 0 Å². The first kappa shape index (κ1) is 17.2.